The molecule has 3 rings (SSSR count). The molecule has 2 aromatic rings. The molecule has 1 saturated heterocycles. The van der Waals surface area contributed by atoms with Crippen LogP contribution >= 0.6 is 23.4 Å². The topological polar surface area (TPSA) is 67.9 Å². The van der Waals surface area contributed by atoms with Crippen LogP contribution in [0.4, 0.5) is 26.3 Å². The number of hydrogen-bond acceptors (Lipinski definition) is 5. The van der Waals surface area contributed by atoms with Gasteiger partial charge in [-0.2, -0.15) is 26.3 Å². The Morgan fingerprint density at radius 2 is 1.65 bits per heavy atom. The maximum Gasteiger partial charge on any atom is 0.422 e. The second-order valence-corrected chi connectivity index (χ2v) is 8.39. The van der Waals surface area contributed by atoms with Gasteiger partial charge in [0.1, 0.15) is 16.9 Å². The first-order valence-electron chi connectivity index (χ1n) is 9.36. The Balaban J connectivity index is 1.86. The predicted octanol–water partition coefficient (Wildman–Crippen LogP) is 5.14. The van der Waals surface area contributed by atoms with Crippen LogP contribution in [0.25, 0.3) is 0 Å². The maximum atomic E-state index is 12.9. The molecule has 2 amide bonds. The van der Waals surface area contributed by atoms with E-state index in [4.69, 9.17) is 11.6 Å². The fourth-order valence-corrected chi connectivity index (χ4v) is 4.05. The van der Waals surface area contributed by atoms with Gasteiger partial charge in [-0.3, -0.25) is 15.0 Å². The number of alkyl halides is 6. The van der Waals surface area contributed by atoms with Crippen molar-refractivity contribution in [2.75, 3.05) is 19.0 Å². The number of carbonyl (C=O) groups excluding carboxylic acids is 2. The highest BCUT2D eigenvalue weighted by Crippen LogP contribution is 2.38. The standard InChI is InChI=1S/C20H15ClF6N2O4S/c21-12-3-1-11(2-4-12)18-29(16(30)8-34-18)28-17(31)14-7-13(32-9-19(22,23)24)5-6-15(14)33-10-20(25,26)27/h1-7,18H,8-10H2,(H,28,31). The van der Waals surface area contributed by atoms with Gasteiger partial charge in [-0.05, 0) is 35.9 Å². The number of amides is 2. The van der Waals surface area contributed by atoms with Crippen LogP contribution in [0.3, 0.4) is 0 Å². The van der Waals surface area contributed by atoms with Crippen LogP contribution in [0, 0.1) is 0 Å². The molecule has 1 fully saturated rings. The molecule has 184 valence electrons. The van der Waals surface area contributed by atoms with E-state index >= 15 is 0 Å². The Morgan fingerprint density at radius 3 is 2.26 bits per heavy atom. The monoisotopic (exact) mass is 528 g/mol. The summed E-state index contributed by atoms with van der Waals surface area (Å²) in [4.78, 5) is 25.2. The molecule has 1 atom stereocenters. The van der Waals surface area contributed by atoms with Crippen LogP contribution in [0.5, 0.6) is 11.5 Å². The van der Waals surface area contributed by atoms with E-state index < -0.39 is 59.8 Å². The molecule has 0 saturated carbocycles. The molecule has 0 spiro atoms. The number of hydrazine groups is 1. The number of carbonyl (C=O) groups is 2. The van der Waals surface area contributed by atoms with Gasteiger partial charge in [0.15, 0.2) is 13.2 Å². The first-order chi connectivity index (χ1) is 15.8. The first kappa shape index (κ1) is 25.8. The zero-order chi connectivity index (χ0) is 25.1. The second kappa shape index (κ2) is 10.2. The molecule has 0 bridgehead atoms. The number of thioether (sulfide) groups is 1. The SMILES string of the molecule is O=C(NN1C(=O)CSC1c1ccc(Cl)cc1)c1cc(OCC(F)(F)F)ccc1OCC(F)(F)F. The van der Waals surface area contributed by atoms with Crippen molar-refractivity contribution in [1.29, 1.82) is 0 Å². The molecule has 0 aromatic heterocycles. The van der Waals surface area contributed by atoms with Crippen LogP contribution in [-0.2, 0) is 4.79 Å². The normalized spacial score (nSPS) is 16.5. The molecule has 0 aliphatic carbocycles. The quantitative estimate of drug-likeness (QED) is 0.504. The van der Waals surface area contributed by atoms with Gasteiger partial charge in [0.2, 0.25) is 0 Å². The van der Waals surface area contributed by atoms with E-state index in [0.717, 1.165) is 23.2 Å². The van der Waals surface area contributed by atoms with E-state index in [-0.39, 0.29) is 5.75 Å². The lowest BCUT2D eigenvalue weighted by molar-refractivity contribution is -0.154. The third kappa shape index (κ3) is 7.10. The molecule has 1 aliphatic rings. The van der Waals surface area contributed by atoms with Crippen molar-refractivity contribution in [2.24, 2.45) is 0 Å². The van der Waals surface area contributed by atoms with E-state index in [0.29, 0.717) is 10.6 Å². The summed E-state index contributed by atoms with van der Waals surface area (Å²) in [5.74, 6) is -2.57. The maximum absolute atomic E-state index is 12.9. The number of hydrogen-bond donors (Lipinski definition) is 1. The summed E-state index contributed by atoms with van der Waals surface area (Å²) in [7, 11) is 0. The van der Waals surface area contributed by atoms with Gasteiger partial charge < -0.3 is 9.47 Å². The van der Waals surface area contributed by atoms with Crippen LogP contribution in [0.15, 0.2) is 42.5 Å². The molecule has 0 radical (unpaired) electrons. The minimum atomic E-state index is -4.74. The Bertz CT molecular complexity index is 1050. The predicted molar refractivity (Wildman–Crippen MR) is 111 cm³/mol. The highest BCUT2D eigenvalue weighted by Gasteiger charge is 2.36. The van der Waals surface area contributed by atoms with E-state index in [1.54, 1.807) is 24.3 Å². The zero-order valence-corrected chi connectivity index (χ0v) is 18.4. The Kier molecular flexibility index (Phi) is 7.76. The highest BCUT2D eigenvalue weighted by atomic mass is 35.5. The van der Waals surface area contributed by atoms with E-state index in [9.17, 15) is 35.9 Å². The van der Waals surface area contributed by atoms with Crippen molar-refractivity contribution in [3.8, 4) is 11.5 Å². The smallest absolute Gasteiger partial charge is 0.422 e. The number of nitrogens with one attached hydrogen (secondary N) is 1. The molecular formula is C20H15ClF6N2O4S. The van der Waals surface area contributed by atoms with Gasteiger partial charge in [-0.1, -0.05) is 23.7 Å². The fourth-order valence-electron chi connectivity index (χ4n) is 2.82. The lowest BCUT2D eigenvalue weighted by Crippen LogP contribution is -2.44. The molecular weight excluding hydrogens is 514 g/mol. The second-order valence-electron chi connectivity index (χ2n) is 6.89. The average molecular weight is 529 g/mol. The van der Waals surface area contributed by atoms with Crippen molar-refractivity contribution < 1.29 is 45.4 Å². The molecule has 1 unspecified atom stereocenters. The summed E-state index contributed by atoms with van der Waals surface area (Å²) in [6.45, 7) is -3.43. The van der Waals surface area contributed by atoms with Crippen LogP contribution < -0.4 is 14.9 Å². The zero-order valence-electron chi connectivity index (χ0n) is 16.9. The molecule has 1 N–H and O–H groups in total. The van der Waals surface area contributed by atoms with E-state index in [2.05, 4.69) is 14.9 Å². The van der Waals surface area contributed by atoms with E-state index in [1.807, 2.05) is 0 Å². The average Bonchev–Trinajstić information content (AvgIpc) is 3.10. The summed E-state index contributed by atoms with van der Waals surface area (Å²) in [6.07, 6.45) is -9.42. The minimum Gasteiger partial charge on any atom is -0.484 e. The summed E-state index contributed by atoms with van der Waals surface area (Å²) in [6, 6.07) is 9.01. The number of ether oxygens (including phenoxy) is 2. The third-order valence-electron chi connectivity index (χ3n) is 4.23. The first-order valence-corrected chi connectivity index (χ1v) is 10.8. The molecule has 1 aliphatic heterocycles. The number of halogens is 7. The Morgan fingerprint density at radius 1 is 1.03 bits per heavy atom. The summed E-state index contributed by atoms with van der Waals surface area (Å²) >= 11 is 7.04. The number of rotatable bonds is 7. The molecule has 1 heterocycles. The van der Waals surface area contributed by atoms with Gasteiger partial charge >= 0.3 is 12.4 Å². The van der Waals surface area contributed by atoms with Crippen molar-refractivity contribution in [3.05, 3.63) is 58.6 Å². The lowest BCUT2D eigenvalue weighted by atomic mass is 10.1. The number of benzene rings is 2. The molecule has 34 heavy (non-hydrogen) atoms. The molecule has 14 heteroatoms. The van der Waals surface area contributed by atoms with Crippen molar-refractivity contribution in [1.82, 2.24) is 10.4 Å². The molecule has 2 aromatic carbocycles. The highest BCUT2D eigenvalue weighted by molar-refractivity contribution is 8.00. The van der Waals surface area contributed by atoms with Gasteiger partial charge in [0, 0.05) is 5.02 Å². The number of nitrogens with zero attached hydrogens (tertiary/aromatic N) is 1. The van der Waals surface area contributed by atoms with Crippen molar-refractivity contribution in [3.63, 3.8) is 0 Å². The Hall–Kier alpha value is -2.80. The van der Waals surface area contributed by atoms with Crippen molar-refractivity contribution in [2.45, 2.75) is 17.7 Å². The van der Waals surface area contributed by atoms with E-state index in [1.165, 1.54) is 11.8 Å². The van der Waals surface area contributed by atoms with Crippen molar-refractivity contribution >= 4 is 35.2 Å². The Labute approximate surface area is 198 Å². The summed E-state index contributed by atoms with van der Waals surface area (Å²) < 4.78 is 84.5. The van der Waals surface area contributed by atoms with Gasteiger partial charge in [-0.15, -0.1) is 11.8 Å². The molecule has 6 nitrogen and oxygen atoms in total. The largest absolute Gasteiger partial charge is 0.484 e. The van der Waals surface area contributed by atoms with Gasteiger partial charge in [0.25, 0.3) is 11.8 Å². The summed E-state index contributed by atoms with van der Waals surface area (Å²) in [5.41, 5.74) is 2.35. The summed E-state index contributed by atoms with van der Waals surface area (Å²) in [5, 5.41) is 0.751. The van der Waals surface area contributed by atoms with Gasteiger partial charge in [0.05, 0.1) is 11.3 Å². The van der Waals surface area contributed by atoms with Crippen LogP contribution in [0.1, 0.15) is 21.3 Å². The van der Waals surface area contributed by atoms with Crippen LogP contribution in [-0.4, -0.2) is 48.1 Å². The third-order valence-corrected chi connectivity index (χ3v) is 5.70. The minimum absolute atomic E-state index is 0.000261. The van der Waals surface area contributed by atoms with Crippen LogP contribution in [0.2, 0.25) is 5.02 Å². The lowest BCUT2D eigenvalue weighted by Gasteiger charge is -2.25. The fraction of sp³-hybridized carbons (Fsp3) is 0.300. The van der Waals surface area contributed by atoms with Gasteiger partial charge in [-0.25, -0.2) is 5.01 Å².